The van der Waals surface area contributed by atoms with Gasteiger partial charge >= 0.3 is 6.09 Å². The smallest absolute Gasteiger partial charge is 0.410 e. The molecular formula is C12H21NO3. The second kappa shape index (κ2) is 3.62. The Balaban J connectivity index is 2.01. The van der Waals surface area contributed by atoms with E-state index >= 15 is 0 Å². The molecule has 1 amide bonds. The minimum absolute atomic E-state index is 0.0235. The Hall–Kier alpha value is -0.770. The number of hydrogen-bond acceptors (Lipinski definition) is 3. The van der Waals surface area contributed by atoms with Crippen LogP contribution < -0.4 is 0 Å². The molecular weight excluding hydrogens is 206 g/mol. The van der Waals surface area contributed by atoms with E-state index in [1.54, 1.807) is 0 Å². The molecule has 0 radical (unpaired) electrons. The van der Waals surface area contributed by atoms with Gasteiger partial charge in [-0.05, 0) is 40.0 Å². The molecule has 92 valence electrons. The molecule has 16 heavy (non-hydrogen) atoms. The molecule has 2 rings (SSSR count). The zero-order valence-electron chi connectivity index (χ0n) is 10.3. The minimum Gasteiger partial charge on any atom is -0.444 e. The number of ether oxygens (including phenoxy) is 1. The van der Waals surface area contributed by atoms with Crippen LogP contribution in [0.3, 0.4) is 0 Å². The highest BCUT2D eigenvalue weighted by atomic mass is 16.6. The van der Waals surface area contributed by atoms with Crippen molar-refractivity contribution in [1.29, 1.82) is 0 Å². The molecule has 0 aromatic heterocycles. The average Bonchev–Trinajstić information content (AvgIpc) is 2.76. The Morgan fingerprint density at radius 2 is 2.12 bits per heavy atom. The maximum absolute atomic E-state index is 12.0. The van der Waals surface area contributed by atoms with E-state index in [1.807, 2.05) is 25.7 Å². The van der Waals surface area contributed by atoms with E-state index in [0.717, 1.165) is 19.3 Å². The van der Waals surface area contributed by atoms with Gasteiger partial charge in [0, 0.05) is 24.6 Å². The quantitative estimate of drug-likeness (QED) is 0.742. The van der Waals surface area contributed by atoms with Crippen LogP contribution in [-0.2, 0) is 4.74 Å². The lowest BCUT2D eigenvalue weighted by Gasteiger charge is -2.28. The van der Waals surface area contributed by atoms with Crippen LogP contribution in [0.5, 0.6) is 0 Å². The Bertz CT molecular complexity index is 291. The first kappa shape index (κ1) is 11.7. The summed E-state index contributed by atoms with van der Waals surface area (Å²) in [5, 5.41) is 9.18. The molecule has 1 unspecified atom stereocenters. The predicted octanol–water partition coefficient (Wildman–Crippen LogP) is 1.77. The molecule has 1 saturated carbocycles. The number of hydrogen-bond donors (Lipinski definition) is 1. The lowest BCUT2D eigenvalue weighted by Crippen LogP contribution is -2.41. The molecule has 1 saturated heterocycles. The summed E-state index contributed by atoms with van der Waals surface area (Å²) in [5.41, 5.74) is -0.416. The molecule has 4 nitrogen and oxygen atoms in total. The topological polar surface area (TPSA) is 49.8 Å². The van der Waals surface area contributed by atoms with Gasteiger partial charge in [-0.2, -0.15) is 0 Å². The van der Waals surface area contributed by atoms with Crippen LogP contribution >= 0.6 is 0 Å². The molecule has 2 aliphatic rings. The predicted molar refractivity (Wildman–Crippen MR) is 60.1 cm³/mol. The molecule has 1 aliphatic carbocycles. The number of aliphatic hydroxyl groups excluding tert-OH is 1. The maximum atomic E-state index is 12.0. The first-order chi connectivity index (χ1) is 7.36. The second-order valence-electron chi connectivity index (χ2n) is 6.07. The molecule has 1 N–H and O–H groups in total. The fourth-order valence-electron chi connectivity index (χ4n) is 2.49. The van der Waals surface area contributed by atoms with Gasteiger partial charge < -0.3 is 14.7 Å². The highest BCUT2D eigenvalue weighted by Gasteiger charge is 2.56. The van der Waals surface area contributed by atoms with Crippen LogP contribution in [0.4, 0.5) is 4.79 Å². The first-order valence-electron chi connectivity index (χ1n) is 5.98. The van der Waals surface area contributed by atoms with E-state index in [0.29, 0.717) is 6.54 Å². The lowest BCUT2D eigenvalue weighted by molar-refractivity contribution is 0.0197. The van der Waals surface area contributed by atoms with Crippen molar-refractivity contribution in [3.8, 4) is 0 Å². The van der Waals surface area contributed by atoms with Crippen molar-refractivity contribution < 1.29 is 14.6 Å². The van der Waals surface area contributed by atoms with Gasteiger partial charge in [-0.3, -0.25) is 0 Å². The molecule has 0 bridgehead atoms. The molecule has 1 spiro atoms. The Labute approximate surface area is 96.6 Å². The van der Waals surface area contributed by atoms with E-state index in [1.165, 1.54) is 0 Å². The van der Waals surface area contributed by atoms with E-state index in [9.17, 15) is 9.90 Å². The highest BCUT2D eigenvalue weighted by Crippen LogP contribution is 2.51. The third kappa shape index (κ3) is 2.17. The van der Waals surface area contributed by atoms with Gasteiger partial charge in [-0.1, -0.05) is 0 Å². The highest BCUT2D eigenvalue weighted by molar-refractivity contribution is 5.70. The molecule has 1 heterocycles. The molecule has 1 atom stereocenters. The monoisotopic (exact) mass is 227 g/mol. The molecule has 2 fully saturated rings. The Kier molecular flexibility index (Phi) is 2.65. The average molecular weight is 227 g/mol. The number of nitrogens with zero attached hydrogens (tertiary/aromatic N) is 1. The van der Waals surface area contributed by atoms with Gasteiger partial charge in [0.25, 0.3) is 0 Å². The first-order valence-corrected chi connectivity index (χ1v) is 5.98. The normalized spacial score (nSPS) is 27.2. The summed E-state index contributed by atoms with van der Waals surface area (Å²) >= 11 is 0. The van der Waals surface area contributed by atoms with E-state index in [-0.39, 0.29) is 24.2 Å². The zero-order chi connectivity index (χ0) is 12.0. The second-order valence-corrected chi connectivity index (χ2v) is 6.07. The van der Waals surface area contributed by atoms with Crippen molar-refractivity contribution in [2.45, 2.75) is 51.2 Å². The van der Waals surface area contributed by atoms with Crippen LogP contribution in [0.1, 0.15) is 40.0 Å². The number of carbonyl (C=O) groups is 1. The van der Waals surface area contributed by atoms with Crippen molar-refractivity contribution in [2.24, 2.45) is 5.92 Å². The van der Waals surface area contributed by atoms with Crippen molar-refractivity contribution in [3.63, 3.8) is 0 Å². The van der Waals surface area contributed by atoms with Crippen molar-refractivity contribution in [3.05, 3.63) is 0 Å². The van der Waals surface area contributed by atoms with Gasteiger partial charge in [0.1, 0.15) is 5.60 Å². The summed E-state index contributed by atoms with van der Waals surface area (Å²) in [6, 6.07) is 0. The van der Waals surface area contributed by atoms with Crippen molar-refractivity contribution >= 4 is 6.09 Å². The summed E-state index contributed by atoms with van der Waals surface area (Å²) in [4.78, 5) is 13.8. The standard InChI is InChI=1S/C12H21NO3/c1-11(2,3)16-10(15)13-7-9(8-14)6-12(13)4-5-12/h9,14H,4-8H2,1-3H3. The fraction of sp³-hybridized carbons (Fsp3) is 0.917. The Morgan fingerprint density at radius 1 is 1.50 bits per heavy atom. The lowest BCUT2D eigenvalue weighted by atomic mass is 10.1. The Morgan fingerprint density at radius 3 is 2.56 bits per heavy atom. The van der Waals surface area contributed by atoms with E-state index < -0.39 is 5.60 Å². The van der Waals surface area contributed by atoms with Crippen LogP contribution in [0.15, 0.2) is 0 Å². The van der Waals surface area contributed by atoms with E-state index in [4.69, 9.17) is 4.74 Å². The van der Waals surface area contributed by atoms with E-state index in [2.05, 4.69) is 0 Å². The van der Waals surface area contributed by atoms with Gasteiger partial charge in [0.05, 0.1) is 0 Å². The molecule has 0 aromatic rings. The summed E-state index contributed by atoms with van der Waals surface area (Å²) in [6.45, 7) is 6.45. The summed E-state index contributed by atoms with van der Waals surface area (Å²) < 4.78 is 5.40. The largest absolute Gasteiger partial charge is 0.444 e. The van der Waals surface area contributed by atoms with Gasteiger partial charge in [-0.25, -0.2) is 4.79 Å². The number of rotatable bonds is 1. The van der Waals surface area contributed by atoms with Gasteiger partial charge in [-0.15, -0.1) is 0 Å². The number of carbonyl (C=O) groups excluding carboxylic acids is 1. The number of aliphatic hydroxyl groups is 1. The number of likely N-dealkylation sites (tertiary alicyclic amines) is 1. The minimum atomic E-state index is -0.440. The number of amides is 1. The molecule has 0 aromatic carbocycles. The SMILES string of the molecule is CC(C)(C)OC(=O)N1CC(CO)CC12CC2. The fourth-order valence-corrected chi connectivity index (χ4v) is 2.49. The van der Waals surface area contributed by atoms with Crippen molar-refractivity contribution in [2.75, 3.05) is 13.2 Å². The van der Waals surface area contributed by atoms with Crippen LogP contribution in [0, 0.1) is 5.92 Å². The summed E-state index contributed by atoms with van der Waals surface area (Å²) in [5.74, 6) is 0.231. The van der Waals surface area contributed by atoms with Gasteiger partial charge in [0.2, 0.25) is 0 Å². The summed E-state index contributed by atoms with van der Waals surface area (Å²) in [7, 11) is 0. The molecule has 1 aliphatic heterocycles. The summed E-state index contributed by atoms with van der Waals surface area (Å²) in [6.07, 6.45) is 2.83. The third-order valence-corrected chi connectivity index (χ3v) is 3.38. The third-order valence-electron chi connectivity index (χ3n) is 3.38. The zero-order valence-corrected chi connectivity index (χ0v) is 10.3. The van der Waals surface area contributed by atoms with Gasteiger partial charge in [0.15, 0.2) is 0 Å². The maximum Gasteiger partial charge on any atom is 0.410 e. The van der Waals surface area contributed by atoms with Crippen molar-refractivity contribution in [1.82, 2.24) is 4.90 Å². The molecule has 4 heteroatoms. The van der Waals surface area contributed by atoms with Crippen LogP contribution in [0.2, 0.25) is 0 Å². The van der Waals surface area contributed by atoms with Crippen LogP contribution in [0.25, 0.3) is 0 Å². The van der Waals surface area contributed by atoms with Crippen LogP contribution in [-0.4, -0.2) is 40.4 Å².